The van der Waals surface area contributed by atoms with Gasteiger partial charge in [-0.1, -0.05) is 48.5 Å². The highest BCUT2D eigenvalue weighted by Gasteiger charge is 2.31. The molecule has 0 saturated heterocycles. The van der Waals surface area contributed by atoms with Crippen LogP contribution in [0.15, 0.2) is 72.8 Å². The van der Waals surface area contributed by atoms with Crippen LogP contribution in [0.4, 0.5) is 0 Å². The molecule has 41 heavy (non-hydrogen) atoms. The Kier molecular flexibility index (Phi) is 8.64. The van der Waals surface area contributed by atoms with E-state index < -0.39 is 0 Å². The third-order valence-corrected chi connectivity index (χ3v) is 8.00. The van der Waals surface area contributed by atoms with Gasteiger partial charge in [-0.25, -0.2) is 0 Å². The SMILES string of the molecule is COc1ccc(CC2c3cc(OC)c(OC)cc3CCN2CC(=O)NC(C)c2cccc3ccccc23)cc1OC. The number of hydrogen-bond donors (Lipinski definition) is 1. The number of methoxy groups -OCH3 is 4. The van der Waals surface area contributed by atoms with E-state index in [9.17, 15) is 4.79 Å². The first-order chi connectivity index (χ1) is 19.9. The zero-order valence-corrected chi connectivity index (χ0v) is 24.4. The van der Waals surface area contributed by atoms with Crippen LogP contribution >= 0.6 is 0 Å². The first-order valence-corrected chi connectivity index (χ1v) is 13.9. The molecular weight excluding hydrogens is 516 g/mol. The molecule has 2 atom stereocenters. The summed E-state index contributed by atoms with van der Waals surface area (Å²) in [4.78, 5) is 15.8. The topological polar surface area (TPSA) is 69.3 Å². The summed E-state index contributed by atoms with van der Waals surface area (Å²) in [7, 11) is 6.58. The lowest BCUT2D eigenvalue weighted by Gasteiger charge is -2.38. The first-order valence-electron chi connectivity index (χ1n) is 13.9. The summed E-state index contributed by atoms with van der Waals surface area (Å²) >= 11 is 0. The molecule has 7 heteroatoms. The van der Waals surface area contributed by atoms with Gasteiger partial charge in [-0.15, -0.1) is 0 Å². The van der Waals surface area contributed by atoms with Crippen molar-refractivity contribution in [3.63, 3.8) is 0 Å². The average Bonchev–Trinajstić information content (AvgIpc) is 3.00. The molecule has 1 N–H and O–H groups in total. The predicted octanol–water partition coefficient (Wildman–Crippen LogP) is 5.89. The largest absolute Gasteiger partial charge is 0.493 e. The molecule has 1 amide bonds. The van der Waals surface area contributed by atoms with Crippen molar-refractivity contribution in [2.75, 3.05) is 41.5 Å². The van der Waals surface area contributed by atoms with Crippen LogP contribution in [0.25, 0.3) is 10.8 Å². The lowest BCUT2D eigenvalue weighted by molar-refractivity contribution is -0.123. The number of carbonyl (C=O) groups excluding carboxylic acids is 1. The van der Waals surface area contributed by atoms with E-state index in [0.29, 0.717) is 29.4 Å². The monoisotopic (exact) mass is 554 g/mol. The summed E-state index contributed by atoms with van der Waals surface area (Å²) in [5, 5.41) is 5.58. The summed E-state index contributed by atoms with van der Waals surface area (Å²) in [6.45, 7) is 3.07. The minimum absolute atomic E-state index is 0.00771. The van der Waals surface area contributed by atoms with Gasteiger partial charge < -0.3 is 24.3 Å². The molecular formula is C34H38N2O5. The van der Waals surface area contributed by atoms with Crippen molar-refractivity contribution in [2.45, 2.75) is 31.8 Å². The van der Waals surface area contributed by atoms with Crippen LogP contribution in [0, 0.1) is 0 Å². The van der Waals surface area contributed by atoms with Gasteiger partial charge in [0, 0.05) is 12.6 Å². The van der Waals surface area contributed by atoms with E-state index in [1.54, 1.807) is 28.4 Å². The van der Waals surface area contributed by atoms with Gasteiger partial charge in [0.15, 0.2) is 23.0 Å². The lowest BCUT2D eigenvalue weighted by Crippen LogP contribution is -2.44. The van der Waals surface area contributed by atoms with E-state index >= 15 is 0 Å². The van der Waals surface area contributed by atoms with Crippen LogP contribution in [0.2, 0.25) is 0 Å². The van der Waals surface area contributed by atoms with Crippen LogP contribution in [0.1, 0.15) is 41.3 Å². The van der Waals surface area contributed by atoms with E-state index in [4.69, 9.17) is 18.9 Å². The zero-order chi connectivity index (χ0) is 28.9. The predicted molar refractivity (Wildman–Crippen MR) is 161 cm³/mol. The van der Waals surface area contributed by atoms with E-state index in [2.05, 4.69) is 52.7 Å². The lowest BCUT2D eigenvalue weighted by atomic mass is 9.88. The number of benzene rings is 4. The molecule has 2 unspecified atom stereocenters. The second-order valence-electron chi connectivity index (χ2n) is 10.4. The number of ether oxygens (including phenoxy) is 4. The van der Waals surface area contributed by atoms with Crippen LogP contribution < -0.4 is 24.3 Å². The fourth-order valence-corrected chi connectivity index (χ4v) is 5.92. The van der Waals surface area contributed by atoms with Gasteiger partial charge in [-0.3, -0.25) is 9.69 Å². The molecule has 1 aliphatic heterocycles. The van der Waals surface area contributed by atoms with E-state index in [1.165, 1.54) is 5.56 Å². The van der Waals surface area contributed by atoms with Crippen molar-refractivity contribution in [1.29, 1.82) is 0 Å². The fraction of sp³-hybridized carbons (Fsp3) is 0.324. The quantitative estimate of drug-likeness (QED) is 0.264. The number of hydrogen-bond acceptors (Lipinski definition) is 6. The van der Waals surface area contributed by atoms with Crippen molar-refractivity contribution in [3.8, 4) is 23.0 Å². The number of fused-ring (bicyclic) bond motifs is 2. The Balaban J connectivity index is 1.42. The number of rotatable bonds is 10. The fourth-order valence-electron chi connectivity index (χ4n) is 5.92. The minimum atomic E-state index is -0.126. The Labute approximate surface area is 242 Å². The van der Waals surface area contributed by atoms with Crippen LogP contribution in [0.3, 0.4) is 0 Å². The van der Waals surface area contributed by atoms with Crippen molar-refractivity contribution >= 4 is 16.7 Å². The molecule has 5 rings (SSSR count). The number of amides is 1. The maximum atomic E-state index is 13.5. The summed E-state index contributed by atoms with van der Waals surface area (Å²) in [6, 6.07) is 24.4. The second-order valence-corrected chi connectivity index (χ2v) is 10.4. The molecule has 4 aromatic rings. The van der Waals surface area contributed by atoms with Gasteiger partial charge >= 0.3 is 0 Å². The highest BCUT2D eigenvalue weighted by atomic mass is 16.5. The number of nitrogens with one attached hydrogen (secondary N) is 1. The molecule has 4 aromatic carbocycles. The Hall–Kier alpha value is -4.23. The smallest absolute Gasteiger partial charge is 0.234 e. The van der Waals surface area contributed by atoms with Crippen molar-refractivity contribution in [3.05, 3.63) is 95.1 Å². The molecule has 0 saturated carbocycles. The molecule has 1 aliphatic rings. The molecule has 0 aromatic heterocycles. The second kappa shape index (κ2) is 12.5. The Morgan fingerprint density at radius 1 is 0.854 bits per heavy atom. The number of carbonyl (C=O) groups is 1. The van der Waals surface area contributed by atoms with Gasteiger partial charge in [0.05, 0.1) is 41.0 Å². The van der Waals surface area contributed by atoms with Crippen molar-refractivity contribution < 1.29 is 23.7 Å². The first kappa shape index (κ1) is 28.3. The molecule has 0 bridgehead atoms. The maximum Gasteiger partial charge on any atom is 0.234 e. The van der Waals surface area contributed by atoms with Gasteiger partial charge in [0.25, 0.3) is 0 Å². The zero-order valence-electron chi connectivity index (χ0n) is 24.4. The van der Waals surface area contributed by atoms with Crippen molar-refractivity contribution in [1.82, 2.24) is 10.2 Å². The van der Waals surface area contributed by atoms with Gasteiger partial charge in [-0.2, -0.15) is 0 Å². The average molecular weight is 555 g/mol. The summed E-state index contributed by atoms with van der Waals surface area (Å²) in [5.74, 6) is 2.75. The highest BCUT2D eigenvalue weighted by Crippen LogP contribution is 2.40. The summed E-state index contributed by atoms with van der Waals surface area (Å²) < 4.78 is 22.3. The van der Waals surface area contributed by atoms with Gasteiger partial charge in [-0.05, 0) is 77.1 Å². The molecule has 0 spiro atoms. The molecule has 0 aliphatic carbocycles. The van der Waals surface area contributed by atoms with Crippen LogP contribution in [-0.2, 0) is 17.6 Å². The normalized spacial score (nSPS) is 15.6. The third kappa shape index (κ3) is 5.95. The Bertz CT molecular complexity index is 1530. The van der Waals surface area contributed by atoms with Crippen LogP contribution in [0.5, 0.6) is 23.0 Å². The molecule has 1 heterocycles. The Morgan fingerprint density at radius 3 is 2.29 bits per heavy atom. The molecule has 0 fully saturated rings. The molecule has 214 valence electrons. The van der Waals surface area contributed by atoms with Crippen molar-refractivity contribution in [2.24, 2.45) is 0 Å². The third-order valence-electron chi connectivity index (χ3n) is 8.00. The summed E-state index contributed by atoms with van der Waals surface area (Å²) in [6.07, 6.45) is 1.50. The Morgan fingerprint density at radius 2 is 1.54 bits per heavy atom. The highest BCUT2D eigenvalue weighted by molar-refractivity contribution is 5.87. The van der Waals surface area contributed by atoms with Gasteiger partial charge in [0.1, 0.15) is 0 Å². The van der Waals surface area contributed by atoms with Crippen LogP contribution in [-0.4, -0.2) is 52.3 Å². The molecule has 0 radical (unpaired) electrons. The minimum Gasteiger partial charge on any atom is -0.493 e. The standard InChI is InChI=1S/C34H38N2O5/c1-22(26-12-8-10-24-9-6-7-11-27(24)26)35-34(37)21-36-16-15-25-19-32(40-4)33(41-5)20-28(25)29(36)17-23-13-14-30(38-2)31(18-23)39-3/h6-14,18-20,22,29H,15-17,21H2,1-5H3,(H,35,37). The van der Waals surface area contributed by atoms with E-state index in [-0.39, 0.29) is 24.5 Å². The summed E-state index contributed by atoms with van der Waals surface area (Å²) in [5.41, 5.74) is 4.54. The number of nitrogens with zero attached hydrogens (tertiary/aromatic N) is 1. The maximum absolute atomic E-state index is 13.5. The molecule has 7 nitrogen and oxygen atoms in total. The van der Waals surface area contributed by atoms with E-state index in [0.717, 1.165) is 40.4 Å². The van der Waals surface area contributed by atoms with E-state index in [1.807, 2.05) is 37.3 Å². The van der Waals surface area contributed by atoms with Gasteiger partial charge in [0.2, 0.25) is 5.91 Å².